The fourth-order valence-electron chi connectivity index (χ4n) is 2.64. The van der Waals surface area contributed by atoms with E-state index in [1.165, 1.54) is 0 Å². The van der Waals surface area contributed by atoms with Gasteiger partial charge in [-0.15, -0.1) is 0 Å². The van der Waals surface area contributed by atoms with Gasteiger partial charge in [0, 0.05) is 49.3 Å². The molecule has 0 saturated heterocycles. The number of aromatic nitrogens is 3. The Morgan fingerprint density at radius 1 is 1.27 bits per heavy atom. The SMILES string of the molecule is Cn1cc(C2CN=C3C(Nc4ccncc4)=NC=CN32)cn1. The van der Waals surface area contributed by atoms with E-state index in [4.69, 9.17) is 0 Å². The molecule has 0 aliphatic carbocycles. The highest BCUT2D eigenvalue weighted by Gasteiger charge is 2.32. The van der Waals surface area contributed by atoms with Gasteiger partial charge in [-0.25, -0.2) is 4.99 Å². The standard InChI is InChI=1S/C15H15N7/c1-21-10-11(8-19-21)13-9-18-15-14(17-6-7-22(13)15)20-12-2-4-16-5-3-12/h2-8,10,13H,9H2,1H3,(H,16,17,20). The van der Waals surface area contributed by atoms with Crippen molar-refractivity contribution in [2.24, 2.45) is 17.0 Å². The molecule has 1 N–H and O–H groups in total. The van der Waals surface area contributed by atoms with Crippen molar-refractivity contribution in [1.29, 1.82) is 0 Å². The number of anilines is 1. The van der Waals surface area contributed by atoms with Crippen LogP contribution in [0.4, 0.5) is 5.69 Å². The summed E-state index contributed by atoms with van der Waals surface area (Å²) in [6, 6.07) is 3.98. The van der Waals surface area contributed by atoms with Crippen LogP contribution in [0, 0.1) is 0 Å². The lowest BCUT2D eigenvalue weighted by Crippen LogP contribution is -2.37. The Morgan fingerprint density at radius 3 is 2.91 bits per heavy atom. The summed E-state index contributed by atoms with van der Waals surface area (Å²) >= 11 is 0. The van der Waals surface area contributed by atoms with Crippen molar-refractivity contribution >= 4 is 17.4 Å². The third kappa shape index (κ3) is 2.16. The largest absolute Gasteiger partial charge is 0.337 e. The van der Waals surface area contributed by atoms with Crippen molar-refractivity contribution in [3.8, 4) is 0 Å². The van der Waals surface area contributed by atoms with Crippen LogP contribution < -0.4 is 5.32 Å². The highest BCUT2D eigenvalue weighted by Crippen LogP contribution is 2.28. The van der Waals surface area contributed by atoms with E-state index >= 15 is 0 Å². The fraction of sp³-hybridized carbons (Fsp3) is 0.200. The Hall–Kier alpha value is -2.96. The lowest BCUT2D eigenvalue weighted by molar-refractivity contribution is 0.458. The number of amidine groups is 2. The van der Waals surface area contributed by atoms with Gasteiger partial charge < -0.3 is 10.2 Å². The molecular weight excluding hydrogens is 278 g/mol. The number of aliphatic imine (C=N–C) groups is 2. The normalized spacial score (nSPS) is 19.7. The molecule has 1 unspecified atom stereocenters. The second-order valence-corrected chi connectivity index (χ2v) is 5.17. The number of pyridine rings is 1. The number of rotatable bonds is 2. The number of hydrogen-bond acceptors (Lipinski definition) is 6. The van der Waals surface area contributed by atoms with E-state index < -0.39 is 0 Å². The first-order valence-electron chi connectivity index (χ1n) is 7.04. The van der Waals surface area contributed by atoms with Gasteiger partial charge in [0.15, 0.2) is 11.7 Å². The van der Waals surface area contributed by atoms with Crippen molar-refractivity contribution in [1.82, 2.24) is 19.7 Å². The Morgan fingerprint density at radius 2 is 2.14 bits per heavy atom. The van der Waals surface area contributed by atoms with Crippen molar-refractivity contribution in [2.75, 3.05) is 11.9 Å². The summed E-state index contributed by atoms with van der Waals surface area (Å²) < 4.78 is 1.81. The summed E-state index contributed by atoms with van der Waals surface area (Å²) in [5.74, 6) is 1.60. The fourth-order valence-corrected chi connectivity index (χ4v) is 2.64. The van der Waals surface area contributed by atoms with Gasteiger partial charge in [-0.2, -0.15) is 5.10 Å². The first-order valence-corrected chi connectivity index (χ1v) is 7.04. The van der Waals surface area contributed by atoms with Crippen LogP contribution in [0.15, 0.2) is 59.3 Å². The number of nitrogens with zero attached hydrogens (tertiary/aromatic N) is 6. The maximum Gasteiger partial charge on any atom is 0.173 e. The molecule has 0 amide bonds. The first-order chi connectivity index (χ1) is 10.8. The molecule has 0 spiro atoms. The van der Waals surface area contributed by atoms with Gasteiger partial charge in [-0.1, -0.05) is 0 Å². The molecule has 110 valence electrons. The van der Waals surface area contributed by atoms with Crippen molar-refractivity contribution in [2.45, 2.75) is 6.04 Å². The minimum atomic E-state index is 0.171. The van der Waals surface area contributed by atoms with Crippen molar-refractivity contribution in [3.05, 3.63) is 54.9 Å². The molecule has 4 heterocycles. The summed E-state index contributed by atoms with van der Waals surface area (Å²) in [6.07, 6.45) is 11.2. The molecule has 0 bridgehead atoms. The van der Waals surface area contributed by atoms with Gasteiger partial charge in [-0.3, -0.25) is 14.7 Å². The molecule has 7 heteroatoms. The maximum absolute atomic E-state index is 4.65. The van der Waals surface area contributed by atoms with Crippen molar-refractivity contribution < 1.29 is 0 Å². The molecule has 4 rings (SSSR count). The quantitative estimate of drug-likeness (QED) is 0.912. The number of aryl methyl sites for hydroxylation is 1. The van der Waals surface area contributed by atoms with Crippen LogP contribution in [0.5, 0.6) is 0 Å². The minimum Gasteiger partial charge on any atom is -0.337 e. The maximum atomic E-state index is 4.65. The monoisotopic (exact) mass is 293 g/mol. The first kappa shape index (κ1) is 12.8. The molecule has 0 aromatic carbocycles. The molecule has 2 aromatic heterocycles. The predicted octanol–water partition coefficient (Wildman–Crippen LogP) is 1.57. The van der Waals surface area contributed by atoms with Crippen LogP contribution in [0.2, 0.25) is 0 Å². The second kappa shape index (κ2) is 5.10. The van der Waals surface area contributed by atoms with E-state index in [1.807, 2.05) is 42.5 Å². The van der Waals surface area contributed by atoms with Gasteiger partial charge in [0.1, 0.15) is 0 Å². The predicted molar refractivity (Wildman–Crippen MR) is 84.5 cm³/mol. The third-order valence-electron chi connectivity index (χ3n) is 3.69. The van der Waals surface area contributed by atoms with Crippen LogP contribution >= 0.6 is 0 Å². The molecule has 0 fully saturated rings. The molecule has 2 aliphatic heterocycles. The Bertz CT molecular complexity index is 772. The molecule has 2 aliphatic rings. The van der Waals surface area contributed by atoms with E-state index in [0.29, 0.717) is 6.54 Å². The number of fused-ring (bicyclic) bond motifs is 1. The molecule has 7 nitrogen and oxygen atoms in total. The number of nitrogens with one attached hydrogen (secondary N) is 1. The summed E-state index contributed by atoms with van der Waals surface area (Å²) in [4.78, 5) is 15.2. The smallest absolute Gasteiger partial charge is 0.173 e. The van der Waals surface area contributed by atoms with Gasteiger partial charge in [0.2, 0.25) is 0 Å². The molecule has 0 saturated carbocycles. The summed E-state index contributed by atoms with van der Waals surface area (Å²) in [6.45, 7) is 0.697. The average molecular weight is 293 g/mol. The van der Waals surface area contributed by atoms with E-state index in [2.05, 4.69) is 30.3 Å². The second-order valence-electron chi connectivity index (χ2n) is 5.17. The minimum absolute atomic E-state index is 0.171. The topological polar surface area (TPSA) is 70.7 Å². The lowest BCUT2D eigenvalue weighted by atomic mass is 10.1. The zero-order valence-electron chi connectivity index (χ0n) is 12.1. The zero-order chi connectivity index (χ0) is 14.9. The lowest BCUT2D eigenvalue weighted by Gasteiger charge is -2.26. The average Bonchev–Trinajstić information content (AvgIpc) is 3.15. The van der Waals surface area contributed by atoms with Crippen molar-refractivity contribution in [3.63, 3.8) is 0 Å². The molecule has 2 aromatic rings. The molecule has 1 atom stereocenters. The van der Waals surface area contributed by atoms with Gasteiger partial charge in [0.25, 0.3) is 0 Å². The van der Waals surface area contributed by atoms with Gasteiger partial charge >= 0.3 is 0 Å². The van der Waals surface area contributed by atoms with Gasteiger partial charge in [0.05, 0.1) is 18.8 Å². The van der Waals surface area contributed by atoms with Crippen LogP contribution in [0.1, 0.15) is 11.6 Å². The molecule has 0 radical (unpaired) electrons. The van der Waals surface area contributed by atoms with Crippen LogP contribution in [-0.2, 0) is 7.05 Å². The summed E-state index contributed by atoms with van der Waals surface area (Å²) in [5.41, 5.74) is 2.09. The Kier molecular flexibility index (Phi) is 2.96. The summed E-state index contributed by atoms with van der Waals surface area (Å²) in [7, 11) is 1.92. The van der Waals surface area contributed by atoms with Crippen LogP contribution in [0.25, 0.3) is 0 Å². The van der Waals surface area contributed by atoms with E-state index in [0.717, 1.165) is 22.9 Å². The Balaban J connectivity index is 1.58. The summed E-state index contributed by atoms with van der Waals surface area (Å²) in [5, 5.41) is 7.54. The van der Waals surface area contributed by atoms with E-state index in [9.17, 15) is 0 Å². The van der Waals surface area contributed by atoms with Gasteiger partial charge in [-0.05, 0) is 12.1 Å². The van der Waals surface area contributed by atoms with E-state index in [-0.39, 0.29) is 6.04 Å². The highest BCUT2D eigenvalue weighted by atomic mass is 15.3. The van der Waals surface area contributed by atoms with Crippen LogP contribution in [-0.4, -0.2) is 37.9 Å². The molecule has 22 heavy (non-hydrogen) atoms. The van der Waals surface area contributed by atoms with Crippen LogP contribution in [0.3, 0.4) is 0 Å². The highest BCUT2D eigenvalue weighted by molar-refractivity contribution is 6.45. The third-order valence-corrected chi connectivity index (χ3v) is 3.69. The molecular formula is C15H15N7. The van der Waals surface area contributed by atoms with E-state index in [1.54, 1.807) is 18.6 Å². The Labute approximate surface area is 127 Å². The number of hydrogen-bond donors (Lipinski definition) is 1. The zero-order valence-corrected chi connectivity index (χ0v) is 12.1.